The van der Waals surface area contributed by atoms with Crippen molar-refractivity contribution in [2.24, 2.45) is 0 Å². The predicted octanol–water partition coefficient (Wildman–Crippen LogP) is 14.5. The third kappa shape index (κ3) is 4.12. The lowest BCUT2D eigenvalue weighted by atomic mass is 9.83. The van der Waals surface area contributed by atoms with Crippen molar-refractivity contribution >= 4 is 65.0 Å². The van der Waals surface area contributed by atoms with Gasteiger partial charge in [-0.2, -0.15) is 0 Å². The average molecular weight is 663 g/mol. The van der Waals surface area contributed by atoms with E-state index in [9.17, 15) is 0 Å². The summed E-state index contributed by atoms with van der Waals surface area (Å²) in [7, 11) is 0. The minimum absolute atomic E-state index is 0.867. The molecule has 0 N–H and O–H groups in total. The molecule has 52 heavy (non-hydrogen) atoms. The first kappa shape index (κ1) is 28.9. The summed E-state index contributed by atoms with van der Waals surface area (Å²) in [6.45, 7) is 0. The molecule has 0 radical (unpaired) electrons. The molecule has 9 aromatic carbocycles. The Morgan fingerprint density at radius 3 is 1.12 bits per heavy atom. The summed E-state index contributed by atoms with van der Waals surface area (Å²) in [5, 5.41) is 11.8. The van der Waals surface area contributed by atoms with Crippen LogP contribution in [-0.4, -0.2) is 0 Å². The topological polar surface area (TPSA) is 26.3 Å². The van der Waals surface area contributed by atoms with Crippen molar-refractivity contribution in [3.63, 3.8) is 0 Å². The summed E-state index contributed by atoms with van der Waals surface area (Å²) < 4.78 is 12.8. The average Bonchev–Trinajstić information content (AvgIpc) is 3.88. The Labute approximate surface area is 299 Å². The van der Waals surface area contributed by atoms with Crippen molar-refractivity contribution in [2.45, 2.75) is 0 Å². The Kier molecular flexibility index (Phi) is 6.28. The molecular weight excluding hydrogens is 633 g/mol. The second kappa shape index (κ2) is 11.3. The predicted molar refractivity (Wildman–Crippen MR) is 218 cm³/mol. The molecule has 0 amide bonds. The van der Waals surface area contributed by atoms with Crippen LogP contribution in [0.25, 0.3) is 110 Å². The van der Waals surface area contributed by atoms with Crippen molar-refractivity contribution in [3.05, 3.63) is 182 Å². The van der Waals surface area contributed by atoms with Crippen LogP contribution in [0.2, 0.25) is 0 Å². The molecule has 2 aromatic heterocycles. The maximum atomic E-state index is 6.79. The van der Waals surface area contributed by atoms with Crippen molar-refractivity contribution in [1.82, 2.24) is 0 Å². The van der Waals surface area contributed by atoms with Crippen molar-refractivity contribution < 1.29 is 8.83 Å². The van der Waals surface area contributed by atoms with Crippen molar-refractivity contribution in [1.29, 1.82) is 0 Å². The van der Waals surface area contributed by atoms with E-state index >= 15 is 0 Å². The van der Waals surface area contributed by atoms with E-state index in [4.69, 9.17) is 8.83 Å². The molecule has 0 aliphatic heterocycles. The van der Waals surface area contributed by atoms with Gasteiger partial charge >= 0.3 is 0 Å². The fourth-order valence-electron chi connectivity index (χ4n) is 8.72. The first-order valence-corrected chi connectivity index (χ1v) is 17.8. The Hall–Kier alpha value is -6.90. The number of benzene rings is 9. The molecule has 11 aromatic rings. The van der Waals surface area contributed by atoms with Crippen LogP contribution in [-0.2, 0) is 0 Å². The SMILES string of the molecule is c1ccc(-c2c3ccccc3c(-c3cccc4oc5cccc(-c6c7ccccc7c(-c7ccco7)c7ccccc67)c5c34)c3ccccc23)cc1. The van der Waals surface area contributed by atoms with Crippen LogP contribution in [0, 0.1) is 0 Å². The van der Waals surface area contributed by atoms with Crippen LogP contribution in [0.4, 0.5) is 0 Å². The largest absolute Gasteiger partial charge is 0.464 e. The van der Waals surface area contributed by atoms with Gasteiger partial charge in [0.15, 0.2) is 0 Å². The molecule has 0 aliphatic carbocycles. The molecule has 11 rings (SSSR count). The van der Waals surface area contributed by atoms with Gasteiger partial charge in [0.25, 0.3) is 0 Å². The van der Waals surface area contributed by atoms with Crippen LogP contribution in [0.1, 0.15) is 0 Å². The van der Waals surface area contributed by atoms with E-state index in [1.165, 1.54) is 54.6 Å². The molecule has 2 nitrogen and oxygen atoms in total. The van der Waals surface area contributed by atoms with Gasteiger partial charge in [0.2, 0.25) is 0 Å². The lowest BCUT2D eigenvalue weighted by Gasteiger charge is -2.19. The summed E-state index contributed by atoms with van der Waals surface area (Å²) in [4.78, 5) is 0. The summed E-state index contributed by atoms with van der Waals surface area (Å²) in [5.74, 6) is 0.867. The Bertz CT molecular complexity index is 3050. The summed E-state index contributed by atoms with van der Waals surface area (Å²) in [5.41, 5.74) is 10.1. The van der Waals surface area contributed by atoms with Gasteiger partial charge in [0, 0.05) is 16.3 Å². The molecule has 0 unspecified atom stereocenters. The molecule has 0 aliphatic rings. The highest BCUT2D eigenvalue weighted by Crippen LogP contribution is 2.50. The fraction of sp³-hybridized carbons (Fsp3) is 0. The zero-order chi connectivity index (χ0) is 34.2. The van der Waals surface area contributed by atoms with E-state index < -0.39 is 0 Å². The van der Waals surface area contributed by atoms with Crippen LogP contribution < -0.4 is 0 Å². The first-order valence-electron chi connectivity index (χ1n) is 17.8. The molecule has 242 valence electrons. The summed E-state index contributed by atoms with van der Waals surface area (Å²) in [6.07, 6.45) is 1.76. The normalized spacial score (nSPS) is 11.8. The Balaban J connectivity index is 1.30. The third-order valence-corrected chi connectivity index (χ3v) is 10.8. The lowest BCUT2D eigenvalue weighted by Crippen LogP contribution is -1.92. The maximum Gasteiger partial charge on any atom is 0.136 e. The van der Waals surface area contributed by atoms with Gasteiger partial charge in [0.05, 0.1) is 6.26 Å². The van der Waals surface area contributed by atoms with Crippen LogP contribution in [0.15, 0.2) is 191 Å². The van der Waals surface area contributed by atoms with Crippen molar-refractivity contribution in [3.8, 4) is 44.7 Å². The van der Waals surface area contributed by atoms with E-state index in [0.29, 0.717) is 0 Å². The van der Waals surface area contributed by atoms with Gasteiger partial charge in [-0.25, -0.2) is 0 Å². The highest BCUT2D eigenvalue weighted by atomic mass is 16.3. The van der Waals surface area contributed by atoms with Crippen LogP contribution >= 0.6 is 0 Å². The van der Waals surface area contributed by atoms with Crippen LogP contribution in [0.3, 0.4) is 0 Å². The molecule has 0 atom stereocenters. The third-order valence-electron chi connectivity index (χ3n) is 10.8. The molecular formula is C50H30O2. The van der Waals surface area contributed by atoms with E-state index in [1.54, 1.807) is 6.26 Å². The molecule has 0 fully saturated rings. The molecule has 2 heteroatoms. The second-order valence-electron chi connectivity index (χ2n) is 13.5. The molecule has 0 saturated carbocycles. The number of rotatable bonds is 4. The summed E-state index contributed by atoms with van der Waals surface area (Å²) in [6, 6.07) is 63.0. The zero-order valence-electron chi connectivity index (χ0n) is 28.1. The quantitative estimate of drug-likeness (QED) is 0.175. The van der Waals surface area contributed by atoms with E-state index in [1.807, 2.05) is 6.07 Å². The van der Waals surface area contributed by atoms with E-state index in [2.05, 4.69) is 170 Å². The standard InChI is InChI=1S/C50H30O2/c1-2-15-31(16-3-1)45-32-17-4-6-19-34(32)46(35-20-7-5-18-33(35)45)40-25-12-27-43-49(40)50-41(26-13-28-44(50)52-43)47-36-21-8-10-23-38(36)48(42-29-14-30-51-42)39-24-11-9-22-37(39)47/h1-30H. The second-order valence-corrected chi connectivity index (χ2v) is 13.5. The van der Waals surface area contributed by atoms with E-state index in [0.717, 1.165) is 55.2 Å². The van der Waals surface area contributed by atoms with Gasteiger partial charge in [-0.05, 0) is 101 Å². The molecule has 0 bridgehead atoms. The fourth-order valence-corrected chi connectivity index (χ4v) is 8.72. The van der Waals surface area contributed by atoms with Gasteiger partial charge in [-0.15, -0.1) is 0 Å². The van der Waals surface area contributed by atoms with Gasteiger partial charge in [-0.3, -0.25) is 0 Å². The Morgan fingerprint density at radius 1 is 0.288 bits per heavy atom. The zero-order valence-corrected chi connectivity index (χ0v) is 28.1. The minimum atomic E-state index is 0.867. The maximum absolute atomic E-state index is 6.79. The van der Waals surface area contributed by atoms with Gasteiger partial charge in [0.1, 0.15) is 16.9 Å². The number of fused-ring (bicyclic) bond motifs is 7. The van der Waals surface area contributed by atoms with Crippen LogP contribution in [0.5, 0.6) is 0 Å². The number of furan rings is 2. The lowest BCUT2D eigenvalue weighted by molar-refractivity contribution is 0.583. The Morgan fingerprint density at radius 2 is 0.692 bits per heavy atom. The van der Waals surface area contributed by atoms with E-state index in [-0.39, 0.29) is 0 Å². The van der Waals surface area contributed by atoms with Crippen molar-refractivity contribution in [2.75, 3.05) is 0 Å². The first-order chi connectivity index (χ1) is 25.8. The number of hydrogen-bond donors (Lipinski definition) is 0. The molecule has 0 saturated heterocycles. The highest BCUT2D eigenvalue weighted by Gasteiger charge is 2.24. The molecule has 2 heterocycles. The number of hydrogen-bond acceptors (Lipinski definition) is 2. The smallest absolute Gasteiger partial charge is 0.136 e. The minimum Gasteiger partial charge on any atom is -0.464 e. The molecule has 0 spiro atoms. The highest BCUT2D eigenvalue weighted by molar-refractivity contribution is 6.29. The monoisotopic (exact) mass is 662 g/mol. The summed E-state index contributed by atoms with van der Waals surface area (Å²) >= 11 is 0. The van der Waals surface area contributed by atoms with Gasteiger partial charge < -0.3 is 8.83 Å². The van der Waals surface area contributed by atoms with Gasteiger partial charge in [-0.1, -0.05) is 152 Å².